The number of benzene rings is 1. The average Bonchev–Trinajstić information content (AvgIpc) is 2.84. The number of aliphatic hydroxyl groups excluding tert-OH is 1. The molecule has 2 N–H and O–H groups in total. The van der Waals surface area contributed by atoms with Crippen LogP contribution in [0.15, 0.2) is 47.7 Å². The first-order valence-corrected chi connectivity index (χ1v) is 7.49. The van der Waals surface area contributed by atoms with Gasteiger partial charge in [0.2, 0.25) is 0 Å². The molecule has 0 aromatic heterocycles. The molecule has 2 aliphatic heterocycles. The summed E-state index contributed by atoms with van der Waals surface area (Å²) in [6.07, 6.45) is 3.03. The number of carbonyl (C=O) groups excluding carboxylic acids is 1. The zero-order valence-electron chi connectivity index (χ0n) is 12.3. The molecule has 0 spiro atoms. The molecular weight excluding hydrogens is 280 g/mol. The molecule has 1 aliphatic carbocycles. The Bertz CT molecular complexity index is 695. The highest BCUT2D eigenvalue weighted by Gasteiger charge is 2.40. The minimum absolute atomic E-state index is 0.0276. The van der Waals surface area contributed by atoms with Crippen molar-refractivity contribution in [1.29, 1.82) is 0 Å². The van der Waals surface area contributed by atoms with Crippen LogP contribution >= 0.6 is 0 Å². The standard InChI is InChI=1S/C17H18N2O3/c1-22-16-7-12-13(8-15(16)20)18-9-11-6-10-4-2-3-5-14(10)19(11)17(12)21/h2-5,7-8,11,15-16,18,20H,6,9H2,1H3. The summed E-state index contributed by atoms with van der Waals surface area (Å²) >= 11 is 0. The van der Waals surface area contributed by atoms with Crippen LogP contribution in [0.5, 0.6) is 0 Å². The van der Waals surface area contributed by atoms with Crippen LogP contribution in [0.25, 0.3) is 0 Å². The van der Waals surface area contributed by atoms with E-state index >= 15 is 0 Å². The number of para-hydroxylation sites is 1. The van der Waals surface area contributed by atoms with Crippen LogP contribution in [0.3, 0.4) is 0 Å². The molecule has 1 fully saturated rings. The van der Waals surface area contributed by atoms with Crippen LogP contribution in [0.4, 0.5) is 5.69 Å². The van der Waals surface area contributed by atoms with Crippen molar-refractivity contribution in [3.8, 4) is 0 Å². The molecule has 22 heavy (non-hydrogen) atoms. The second-order valence-electron chi connectivity index (χ2n) is 5.89. The number of amides is 1. The lowest BCUT2D eigenvalue weighted by Gasteiger charge is -2.25. The quantitative estimate of drug-likeness (QED) is 0.803. The van der Waals surface area contributed by atoms with Crippen molar-refractivity contribution in [1.82, 2.24) is 5.32 Å². The largest absolute Gasteiger partial charge is 0.386 e. The number of ether oxygens (including phenoxy) is 1. The second kappa shape index (κ2) is 4.97. The summed E-state index contributed by atoms with van der Waals surface area (Å²) < 4.78 is 5.25. The van der Waals surface area contributed by atoms with Gasteiger partial charge in [-0.2, -0.15) is 0 Å². The molecular formula is C17H18N2O3. The zero-order chi connectivity index (χ0) is 15.3. The number of fused-ring (bicyclic) bond motifs is 4. The third-order valence-corrected chi connectivity index (χ3v) is 4.62. The first-order chi connectivity index (χ1) is 10.7. The maximum absolute atomic E-state index is 13.0. The van der Waals surface area contributed by atoms with Gasteiger partial charge in [0.1, 0.15) is 12.2 Å². The Morgan fingerprint density at radius 2 is 2.14 bits per heavy atom. The summed E-state index contributed by atoms with van der Waals surface area (Å²) in [6.45, 7) is 0.675. The van der Waals surface area contributed by atoms with E-state index in [4.69, 9.17) is 4.74 Å². The van der Waals surface area contributed by atoms with E-state index in [1.807, 2.05) is 23.1 Å². The topological polar surface area (TPSA) is 61.8 Å². The predicted octanol–water partition coefficient (Wildman–Crippen LogP) is 0.747. The molecule has 0 bridgehead atoms. The van der Waals surface area contributed by atoms with Gasteiger partial charge in [0.15, 0.2) is 0 Å². The lowest BCUT2D eigenvalue weighted by Crippen LogP contribution is -2.40. The fourth-order valence-electron chi connectivity index (χ4n) is 3.51. The fraction of sp³-hybridized carbons (Fsp3) is 0.353. The lowest BCUT2D eigenvalue weighted by molar-refractivity contribution is -0.115. The number of aliphatic hydroxyl groups is 1. The number of nitrogens with zero attached hydrogens (tertiary/aromatic N) is 1. The van der Waals surface area contributed by atoms with Gasteiger partial charge in [0.05, 0.1) is 11.6 Å². The smallest absolute Gasteiger partial charge is 0.260 e. The predicted molar refractivity (Wildman–Crippen MR) is 82.4 cm³/mol. The zero-order valence-corrected chi connectivity index (χ0v) is 12.3. The van der Waals surface area contributed by atoms with Crippen molar-refractivity contribution in [2.45, 2.75) is 24.7 Å². The highest BCUT2D eigenvalue weighted by Crippen LogP contribution is 2.36. The molecule has 0 saturated carbocycles. The van der Waals surface area contributed by atoms with E-state index in [0.29, 0.717) is 17.8 Å². The van der Waals surface area contributed by atoms with Crippen LogP contribution in [0.2, 0.25) is 0 Å². The van der Waals surface area contributed by atoms with Gasteiger partial charge in [-0.3, -0.25) is 4.79 Å². The second-order valence-corrected chi connectivity index (χ2v) is 5.89. The summed E-state index contributed by atoms with van der Waals surface area (Å²) in [5, 5.41) is 13.3. The van der Waals surface area contributed by atoms with Crippen molar-refractivity contribution >= 4 is 11.6 Å². The van der Waals surface area contributed by atoms with Crippen LogP contribution in [0.1, 0.15) is 5.56 Å². The molecule has 5 heteroatoms. The first-order valence-electron chi connectivity index (χ1n) is 7.49. The molecule has 0 radical (unpaired) electrons. The van der Waals surface area contributed by atoms with E-state index < -0.39 is 12.2 Å². The Balaban J connectivity index is 1.77. The number of hydrogen-bond donors (Lipinski definition) is 2. The van der Waals surface area contributed by atoms with E-state index in [-0.39, 0.29) is 11.9 Å². The molecule has 3 atom stereocenters. The number of carbonyl (C=O) groups is 1. The van der Waals surface area contributed by atoms with Gasteiger partial charge in [-0.1, -0.05) is 18.2 Å². The van der Waals surface area contributed by atoms with Crippen LogP contribution < -0.4 is 10.2 Å². The minimum atomic E-state index is -0.732. The van der Waals surface area contributed by atoms with E-state index in [1.165, 1.54) is 12.7 Å². The van der Waals surface area contributed by atoms with Gasteiger partial charge < -0.3 is 20.1 Å². The average molecular weight is 298 g/mol. The molecule has 3 unspecified atom stereocenters. The highest BCUT2D eigenvalue weighted by molar-refractivity contribution is 6.10. The van der Waals surface area contributed by atoms with Crippen molar-refractivity contribution in [2.75, 3.05) is 18.6 Å². The number of rotatable bonds is 1. The Labute approximate surface area is 128 Å². The van der Waals surface area contributed by atoms with Gasteiger partial charge in [-0.25, -0.2) is 0 Å². The number of hydrogen-bond acceptors (Lipinski definition) is 4. The van der Waals surface area contributed by atoms with E-state index in [0.717, 1.165) is 12.1 Å². The van der Waals surface area contributed by atoms with Gasteiger partial charge in [0, 0.05) is 25.0 Å². The molecule has 1 saturated heterocycles. The fourth-order valence-corrected chi connectivity index (χ4v) is 3.51. The van der Waals surface area contributed by atoms with Crippen molar-refractivity contribution < 1.29 is 14.6 Å². The van der Waals surface area contributed by atoms with Gasteiger partial charge in [-0.05, 0) is 30.2 Å². The molecule has 3 aliphatic rings. The van der Waals surface area contributed by atoms with E-state index in [9.17, 15) is 9.90 Å². The van der Waals surface area contributed by atoms with E-state index in [1.54, 1.807) is 12.2 Å². The first kappa shape index (κ1) is 13.5. The van der Waals surface area contributed by atoms with Crippen LogP contribution in [0, 0.1) is 0 Å². The summed E-state index contributed by atoms with van der Waals surface area (Å²) in [7, 11) is 1.53. The molecule has 5 nitrogen and oxygen atoms in total. The van der Waals surface area contributed by atoms with E-state index in [2.05, 4.69) is 11.4 Å². The Morgan fingerprint density at radius 1 is 1.32 bits per heavy atom. The molecule has 2 heterocycles. The van der Waals surface area contributed by atoms with Crippen molar-refractivity contribution in [3.63, 3.8) is 0 Å². The summed E-state index contributed by atoms with van der Waals surface area (Å²) in [5.74, 6) is -0.0276. The van der Waals surface area contributed by atoms with Crippen LogP contribution in [-0.2, 0) is 16.0 Å². The molecule has 1 aromatic carbocycles. The lowest BCUT2D eigenvalue weighted by atomic mass is 9.98. The molecule has 4 rings (SSSR count). The number of anilines is 1. The summed E-state index contributed by atoms with van der Waals surface area (Å²) in [5.41, 5.74) is 3.48. The maximum Gasteiger partial charge on any atom is 0.260 e. The minimum Gasteiger partial charge on any atom is -0.386 e. The van der Waals surface area contributed by atoms with Crippen molar-refractivity contribution in [3.05, 3.63) is 53.3 Å². The maximum atomic E-state index is 13.0. The Kier molecular flexibility index (Phi) is 3.06. The SMILES string of the molecule is COC1C=C2C(=O)N3c4ccccc4CC3CNC2=CC1O. The van der Waals surface area contributed by atoms with Gasteiger partial charge in [0.25, 0.3) is 5.91 Å². The third kappa shape index (κ3) is 1.90. The monoisotopic (exact) mass is 298 g/mol. The van der Waals surface area contributed by atoms with Gasteiger partial charge in [-0.15, -0.1) is 0 Å². The normalized spacial score (nSPS) is 29.6. The number of nitrogens with one attached hydrogen (secondary N) is 1. The van der Waals surface area contributed by atoms with Crippen molar-refractivity contribution in [2.24, 2.45) is 0 Å². The Morgan fingerprint density at radius 3 is 2.95 bits per heavy atom. The summed E-state index contributed by atoms with van der Waals surface area (Å²) in [6, 6.07) is 8.14. The van der Waals surface area contributed by atoms with Gasteiger partial charge >= 0.3 is 0 Å². The Hall–Kier alpha value is -2.11. The molecule has 1 amide bonds. The highest BCUT2D eigenvalue weighted by atomic mass is 16.5. The summed E-state index contributed by atoms with van der Waals surface area (Å²) in [4.78, 5) is 14.9. The third-order valence-electron chi connectivity index (χ3n) is 4.62. The number of methoxy groups -OCH3 is 1. The molecule has 114 valence electrons. The van der Waals surface area contributed by atoms with Crippen LogP contribution in [-0.4, -0.2) is 42.9 Å². The molecule has 1 aromatic rings.